The summed E-state index contributed by atoms with van der Waals surface area (Å²) in [6.07, 6.45) is 1.19. The maximum absolute atomic E-state index is 12.1. The van der Waals surface area contributed by atoms with E-state index < -0.39 is 0 Å². The van der Waals surface area contributed by atoms with Gasteiger partial charge in [-0.3, -0.25) is 4.79 Å². The number of carbonyl (C=O) groups is 1. The third-order valence-corrected chi connectivity index (χ3v) is 4.10. The average Bonchev–Trinajstić information content (AvgIpc) is 2.51. The van der Waals surface area contributed by atoms with Crippen LogP contribution in [-0.2, 0) is 16.0 Å². The van der Waals surface area contributed by atoms with E-state index in [1.165, 1.54) is 0 Å². The third kappa shape index (κ3) is 2.69. The van der Waals surface area contributed by atoms with Crippen molar-refractivity contribution in [2.24, 2.45) is 0 Å². The van der Waals surface area contributed by atoms with E-state index in [0.717, 1.165) is 35.7 Å². The third-order valence-electron chi connectivity index (χ3n) is 4.10. The summed E-state index contributed by atoms with van der Waals surface area (Å²) in [6.45, 7) is 3.28. The topological polar surface area (TPSA) is 79.0 Å². The number of benzene rings is 1. The Morgan fingerprint density at radius 1 is 1.19 bits per heavy atom. The molecule has 3 rings (SSSR count). The molecule has 2 heterocycles. The standard InChI is InChI=1S/C15H21N3O3/c16-12-9-11-1-2-15(20)18(3-6-19)13(11)10-14(12)17-4-7-21-8-5-17/h9-10,19H,1-8,16H2. The fourth-order valence-electron chi connectivity index (χ4n) is 3.03. The van der Waals surface area contributed by atoms with Gasteiger partial charge in [-0.1, -0.05) is 0 Å². The van der Waals surface area contributed by atoms with Gasteiger partial charge in [0, 0.05) is 31.7 Å². The predicted molar refractivity (Wildman–Crippen MR) is 81.6 cm³/mol. The molecule has 114 valence electrons. The van der Waals surface area contributed by atoms with Gasteiger partial charge in [0.2, 0.25) is 5.91 Å². The first-order chi connectivity index (χ1) is 10.2. The first kappa shape index (κ1) is 14.2. The minimum Gasteiger partial charge on any atom is -0.397 e. The normalized spacial score (nSPS) is 18.8. The van der Waals surface area contributed by atoms with Crippen LogP contribution in [0.1, 0.15) is 12.0 Å². The lowest BCUT2D eigenvalue weighted by Crippen LogP contribution is -2.39. The minimum absolute atomic E-state index is 0.0392. The largest absolute Gasteiger partial charge is 0.397 e. The van der Waals surface area contributed by atoms with Crippen LogP contribution in [0.4, 0.5) is 17.1 Å². The second-order valence-electron chi connectivity index (χ2n) is 5.41. The molecule has 1 aromatic carbocycles. The van der Waals surface area contributed by atoms with Crippen LogP contribution in [0.15, 0.2) is 12.1 Å². The first-order valence-corrected chi connectivity index (χ1v) is 7.37. The van der Waals surface area contributed by atoms with Crippen molar-refractivity contribution in [3.05, 3.63) is 17.7 Å². The summed E-state index contributed by atoms with van der Waals surface area (Å²) < 4.78 is 5.37. The summed E-state index contributed by atoms with van der Waals surface area (Å²) in [5.41, 5.74) is 9.86. The molecule has 0 spiro atoms. The lowest BCUT2D eigenvalue weighted by Gasteiger charge is -2.34. The van der Waals surface area contributed by atoms with Crippen molar-refractivity contribution in [2.45, 2.75) is 12.8 Å². The number of amides is 1. The number of morpholine rings is 1. The van der Waals surface area contributed by atoms with Gasteiger partial charge >= 0.3 is 0 Å². The predicted octanol–water partition coefficient (Wildman–Crippen LogP) is 0.377. The number of hydrogen-bond acceptors (Lipinski definition) is 5. The number of ether oxygens (including phenoxy) is 1. The van der Waals surface area contributed by atoms with E-state index in [1.54, 1.807) is 4.90 Å². The number of fused-ring (bicyclic) bond motifs is 1. The van der Waals surface area contributed by atoms with Crippen LogP contribution in [0.5, 0.6) is 0 Å². The van der Waals surface area contributed by atoms with E-state index in [4.69, 9.17) is 10.5 Å². The van der Waals surface area contributed by atoms with E-state index in [9.17, 15) is 9.90 Å². The Kier molecular flexibility index (Phi) is 3.98. The molecule has 3 N–H and O–H groups in total. The molecule has 0 atom stereocenters. The van der Waals surface area contributed by atoms with Crippen molar-refractivity contribution in [3.8, 4) is 0 Å². The van der Waals surface area contributed by atoms with Crippen molar-refractivity contribution >= 4 is 23.0 Å². The van der Waals surface area contributed by atoms with E-state index in [2.05, 4.69) is 4.90 Å². The highest BCUT2D eigenvalue weighted by Gasteiger charge is 2.26. The highest BCUT2D eigenvalue weighted by molar-refractivity contribution is 5.98. The van der Waals surface area contributed by atoms with Crippen molar-refractivity contribution < 1.29 is 14.6 Å². The van der Waals surface area contributed by atoms with Gasteiger partial charge in [-0.25, -0.2) is 0 Å². The molecule has 2 aliphatic heterocycles. The Bertz CT molecular complexity index is 541. The van der Waals surface area contributed by atoms with Crippen LogP contribution in [0.2, 0.25) is 0 Å². The molecular formula is C15H21N3O3. The van der Waals surface area contributed by atoms with Crippen LogP contribution in [-0.4, -0.2) is 50.5 Å². The average molecular weight is 291 g/mol. The number of anilines is 3. The number of rotatable bonds is 3. The maximum atomic E-state index is 12.1. The number of aryl methyl sites for hydroxylation is 1. The minimum atomic E-state index is -0.0392. The molecule has 1 amide bonds. The van der Waals surface area contributed by atoms with Crippen LogP contribution in [0, 0.1) is 0 Å². The number of aliphatic hydroxyl groups is 1. The molecule has 21 heavy (non-hydrogen) atoms. The molecule has 0 bridgehead atoms. The van der Waals surface area contributed by atoms with Crippen LogP contribution < -0.4 is 15.5 Å². The Hall–Kier alpha value is -1.79. The van der Waals surface area contributed by atoms with Gasteiger partial charge in [-0.2, -0.15) is 0 Å². The second-order valence-corrected chi connectivity index (χ2v) is 5.41. The fraction of sp³-hybridized carbons (Fsp3) is 0.533. The summed E-state index contributed by atoms with van der Waals surface area (Å²) in [6, 6.07) is 3.96. The van der Waals surface area contributed by atoms with Gasteiger partial charge in [-0.05, 0) is 24.1 Å². The number of nitrogen functional groups attached to an aromatic ring is 1. The Labute approximate surface area is 124 Å². The molecule has 1 aromatic rings. The van der Waals surface area contributed by atoms with Crippen molar-refractivity contribution in [1.82, 2.24) is 0 Å². The van der Waals surface area contributed by atoms with Crippen LogP contribution >= 0.6 is 0 Å². The van der Waals surface area contributed by atoms with Gasteiger partial charge in [-0.15, -0.1) is 0 Å². The number of nitrogens with two attached hydrogens (primary N) is 1. The number of hydrogen-bond donors (Lipinski definition) is 2. The smallest absolute Gasteiger partial charge is 0.227 e. The molecule has 1 saturated heterocycles. The molecule has 0 saturated carbocycles. The molecule has 6 heteroatoms. The van der Waals surface area contributed by atoms with Gasteiger partial charge in [0.1, 0.15) is 0 Å². The van der Waals surface area contributed by atoms with Crippen molar-refractivity contribution in [1.29, 1.82) is 0 Å². The SMILES string of the molecule is Nc1cc2c(cc1N1CCOCC1)N(CCO)C(=O)CC2. The van der Waals surface area contributed by atoms with E-state index in [-0.39, 0.29) is 12.5 Å². The molecule has 1 fully saturated rings. The number of β-amino-alcohol motifs (C(OH)–C–C–N with tert-alkyl or cyclic N) is 1. The Morgan fingerprint density at radius 2 is 1.95 bits per heavy atom. The zero-order valence-corrected chi connectivity index (χ0v) is 12.0. The van der Waals surface area contributed by atoms with E-state index in [0.29, 0.717) is 32.6 Å². The monoisotopic (exact) mass is 291 g/mol. The molecule has 6 nitrogen and oxygen atoms in total. The van der Waals surface area contributed by atoms with Gasteiger partial charge in [0.15, 0.2) is 0 Å². The number of carbonyl (C=O) groups excluding carboxylic acids is 1. The van der Waals surface area contributed by atoms with Crippen molar-refractivity contribution in [3.63, 3.8) is 0 Å². The summed E-state index contributed by atoms with van der Waals surface area (Å²) in [4.78, 5) is 15.9. The number of nitrogens with zero attached hydrogens (tertiary/aromatic N) is 2. The fourth-order valence-corrected chi connectivity index (χ4v) is 3.03. The second kappa shape index (κ2) is 5.91. The quantitative estimate of drug-likeness (QED) is 0.787. The first-order valence-electron chi connectivity index (χ1n) is 7.37. The van der Waals surface area contributed by atoms with E-state index in [1.807, 2.05) is 12.1 Å². The van der Waals surface area contributed by atoms with Gasteiger partial charge in [0.25, 0.3) is 0 Å². The van der Waals surface area contributed by atoms with Crippen molar-refractivity contribution in [2.75, 3.05) is 55.0 Å². The lowest BCUT2D eigenvalue weighted by molar-refractivity contribution is -0.119. The van der Waals surface area contributed by atoms with Gasteiger partial charge < -0.3 is 25.4 Å². The molecule has 0 unspecified atom stereocenters. The molecular weight excluding hydrogens is 270 g/mol. The lowest BCUT2D eigenvalue weighted by atomic mass is 9.99. The summed E-state index contributed by atoms with van der Waals surface area (Å²) >= 11 is 0. The summed E-state index contributed by atoms with van der Waals surface area (Å²) in [5.74, 6) is 0.0641. The molecule has 0 aromatic heterocycles. The van der Waals surface area contributed by atoms with Crippen LogP contribution in [0.3, 0.4) is 0 Å². The number of aliphatic hydroxyl groups excluding tert-OH is 1. The zero-order chi connectivity index (χ0) is 14.8. The zero-order valence-electron chi connectivity index (χ0n) is 12.0. The summed E-state index contributed by atoms with van der Waals surface area (Å²) in [5, 5.41) is 9.19. The van der Waals surface area contributed by atoms with E-state index >= 15 is 0 Å². The molecule has 2 aliphatic rings. The highest BCUT2D eigenvalue weighted by atomic mass is 16.5. The van der Waals surface area contributed by atoms with Gasteiger partial charge in [0.05, 0.1) is 31.2 Å². The Balaban J connectivity index is 1.98. The molecule has 0 radical (unpaired) electrons. The Morgan fingerprint density at radius 3 is 2.67 bits per heavy atom. The molecule has 0 aliphatic carbocycles. The highest BCUT2D eigenvalue weighted by Crippen LogP contribution is 2.36. The van der Waals surface area contributed by atoms with Crippen LogP contribution in [0.25, 0.3) is 0 Å². The summed E-state index contributed by atoms with van der Waals surface area (Å²) in [7, 11) is 0. The maximum Gasteiger partial charge on any atom is 0.227 e.